The van der Waals surface area contributed by atoms with Crippen LogP contribution >= 0.6 is 0 Å². The third kappa shape index (κ3) is 2.23. The highest BCUT2D eigenvalue weighted by Crippen LogP contribution is 2.41. The van der Waals surface area contributed by atoms with E-state index < -0.39 is 0 Å². The number of hydrogen-bond acceptors (Lipinski definition) is 1. The Hall–Kier alpha value is -0.820. The summed E-state index contributed by atoms with van der Waals surface area (Å²) in [6, 6.07) is 5.46. The van der Waals surface area contributed by atoms with Gasteiger partial charge in [-0.15, -0.1) is 0 Å². The molecule has 1 saturated heterocycles. The minimum Gasteiger partial charge on any atom is -0.310 e. The molecule has 1 aliphatic heterocycles. The first kappa shape index (κ1) is 13.2. The van der Waals surface area contributed by atoms with Crippen molar-refractivity contribution in [3.8, 4) is 0 Å². The number of fused-ring (bicyclic) bond motifs is 1. The lowest BCUT2D eigenvalue weighted by atomic mass is 9.76. The molecule has 104 valence electrons. The molecular weight excluding hydrogens is 230 g/mol. The highest BCUT2D eigenvalue weighted by molar-refractivity contribution is 5.48. The molecule has 1 heteroatoms. The van der Waals surface area contributed by atoms with Gasteiger partial charge in [-0.05, 0) is 72.7 Å². The van der Waals surface area contributed by atoms with Crippen molar-refractivity contribution in [1.82, 2.24) is 5.32 Å². The predicted molar refractivity (Wildman–Crippen MR) is 81.8 cm³/mol. The van der Waals surface area contributed by atoms with Crippen LogP contribution in [-0.4, -0.2) is 6.54 Å². The fourth-order valence-electron chi connectivity index (χ4n) is 3.80. The molecule has 0 aromatic heterocycles. The van der Waals surface area contributed by atoms with E-state index >= 15 is 0 Å². The molecular formula is C18H27N. The minimum absolute atomic E-state index is 0.303. The second-order valence-electron chi connectivity index (χ2n) is 6.90. The van der Waals surface area contributed by atoms with Crippen molar-refractivity contribution < 1.29 is 0 Å². The van der Waals surface area contributed by atoms with Crippen LogP contribution in [-0.2, 0) is 18.3 Å². The van der Waals surface area contributed by atoms with Crippen LogP contribution in [0.2, 0.25) is 0 Å². The van der Waals surface area contributed by atoms with E-state index in [1.807, 2.05) is 0 Å². The molecule has 19 heavy (non-hydrogen) atoms. The summed E-state index contributed by atoms with van der Waals surface area (Å²) < 4.78 is 0. The van der Waals surface area contributed by atoms with E-state index in [1.165, 1.54) is 45.1 Å². The minimum atomic E-state index is 0.303. The van der Waals surface area contributed by atoms with Crippen LogP contribution in [0.25, 0.3) is 0 Å². The van der Waals surface area contributed by atoms with Crippen LogP contribution in [0, 0.1) is 0 Å². The number of nitrogens with one attached hydrogen (secondary N) is 1. The van der Waals surface area contributed by atoms with E-state index in [1.54, 1.807) is 22.3 Å². The first-order chi connectivity index (χ1) is 9.13. The van der Waals surface area contributed by atoms with Crippen molar-refractivity contribution in [3.05, 3.63) is 34.4 Å². The lowest BCUT2D eigenvalue weighted by Crippen LogP contribution is -2.24. The second-order valence-corrected chi connectivity index (χ2v) is 6.90. The van der Waals surface area contributed by atoms with Gasteiger partial charge >= 0.3 is 0 Å². The van der Waals surface area contributed by atoms with E-state index in [0.717, 1.165) is 0 Å². The highest BCUT2D eigenvalue weighted by atomic mass is 14.9. The fourth-order valence-corrected chi connectivity index (χ4v) is 3.80. The molecule has 1 fully saturated rings. The number of aryl methyl sites for hydroxylation is 1. The molecule has 1 atom stereocenters. The monoisotopic (exact) mass is 257 g/mol. The summed E-state index contributed by atoms with van der Waals surface area (Å²) in [6.45, 7) is 8.32. The zero-order valence-electron chi connectivity index (χ0n) is 12.7. The van der Waals surface area contributed by atoms with Gasteiger partial charge in [-0.1, -0.05) is 32.9 Å². The molecule has 1 unspecified atom stereocenters. The molecule has 0 spiro atoms. The van der Waals surface area contributed by atoms with Crippen molar-refractivity contribution >= 4 is 0 Å². The Kier molecular flexibility index (Phi) is 3.42. The van der Waals surface area contributed by atoms with Crippen molar-refractivity contribution in [1.29, 1.82) is 0 Å². The maximum Gasteiger partial charge on any atom is 0.0326 e. The summed E-state index contributed by atoms with van der Waals surface area (Å²) in [4.78, 5) is 0. The maximum absolute atomic E-state index is 3.74. The normalized spacial score (nSPS) is 22.8. The molecule has 2 aliphatic rings. The van der Waals surface area contributed by atoms with Gasteiger partial charge in [-0.3, -0.25) is 0 Å². The maximum atomic E-state index is 3.74. The Balaban J connectivity index is 2.13. The second kappa shape index (κ2) is 4.94. The molecule has 1 nitrogen and oxygen atoms in total. The average molecular weight is 257 g/mol. The van der Waals surface area contributed by atoms with Gasteiger partial charge in [0, 0.05) is 6.04 Å². The Morgan fingerprint density at radius 1 is 1.21 bits per heavy atom. The zero-order chi connectivity index (χ0) is 13.5. The van der Waals surface area contributed by atoms with Gasteiger partial charge in [0.2, 0.25) is 0 Å². The molecule has 1 N–H and O–H groups in total. The third-order valence-electron chi connectivity index (χ3n) is 5.35. The Morgan fingerprint density at radius 2 is 2.05 bits per heavy atom. The van der Waals surface area contributed by atoms with Crippen LogP contribution in [0.1, 0.15) is 74.8 Å². The Morgan fingerprint density at radius 3 is 2.74 bits per heavy atom. The highest BCUT2D eigenvalue weighted by Gasteiger charge is 2.31. The van der Waals surface area contributed by atoms with Gasteiger partial charge in [0.05, 0.1) is 0 Å². The standard InChI is InChI=1S/C18H27N/c1-4-18(2,3)15-11-10-13-7-5-8-14(13)17(15)16-9-6-12-19-16/h10-11,16,19H,4-9,12H2,1-3H3. The lowest BCUT2D eigenvalue weighted by molar-refractivity contribution is 0.489. The molecule has 0 bridgehead atoms. The molecule has 1 aliphatic carbocycles. The third-order valence-corrected chi connectivity index (χ3v) is 5.35. The van der Waals surface area contributed by atoms with Crippen molar-refractivity contribution in [2.45, 2.75) is 70.8 Å². The molecule has 1 aromatic rings. The summed E-state index contributed by atoms with van der Waals surface area (Å²) >= 11 is 0. The Labute approximate surface area is 117 Å². The van der Waals surface area contributed by atoms with Crippen molar-refractivity contribution in [3.63, 3.8) is 0 Å². The van der Waals surface area contributed by atoms with Gasteiger partial charge < -0.3 is 5.32 Å². The quantitative estimate of drug-likeness (QED) is 0.852. The molecule has 3 rings (SSSR count). The number of benzene rings is 1. The molecule has 0 saturated carbocycles. The average Bonchev–Trinajstić information content (AvgIpc) is 3.08. The summed E-state index contributed by atoms with van der Waals surface area (Å²) in [6.07, 6.45) is 7.82. The van der Waals surface area contributed by atoms with Crippen LogP contribution in [0.3, 0.4) is 0 Å². The van der Waals surface area contributed by atoms with E-state index in [-0.39, 0.29) is 0 Å². The summed E-state index contributed by atoms with van der Waals surface area (Å²) in [5.41, 5.74) is 6.91. The van der Waals surface area contributed by atoms with E-state index in [2.05, 4.69) is 38.2 Å². The molecule has 0 radical (unpaired) electrons. The molecule has 1 aromatic carbocycles. The summed E-state index contributed by atoms with van der Waals surface area (Å²) in [7, 11) is 0. The fraction of sp³-hybridized carbons (Fsp3) is 0.667. The molecule has 0 amide bonds. The van der Waals surface area contributed by atoms with Crippen LogP contribution in [0.4, 0.5) is 0 Å². The van der Waals surface area contributed by atoms with Crippen molar-refractivity contribution in [2.75, 3.05) is 6.54 Å². The van der Waals surface area contributed by atoms with E-state index in [0.29, 0.717) is 11.5 Å². The van der Waals surface area contributed by atoms with Crippen LogP contribution < -0.4 is 5.32 Å². The number of rotatable bonds is 3. The van der Waals surface area contributed by atoms with Gasteiger partial charge in [0.25, 0.3) is 0 Å². The number of hydrogen-bond donors (Lipinski definition) is 1. The smallest absolute Gasteiger partial charge is 0.0326 e. The van der Waals surface area contributed by atoms with E-state index in [4.69, 9.17) is 0 Å². The zero-order valence-corrected chi connectivity index (χ0v) is 12.7. The van der Waals surface area contributed by atoms with Gasteiger partial charge in [0.15, 0.2) is 0 Å². The van der Waals surface area contributed by atoms with Gasteiger partial charge in [0.1, 0.15) is 0 Å². The van der Waals surface area contributed by atoms with Gasteiger partial charge in [-0.25, -0.2) is 0 Å². The van der Waals surface area contributed by atoms with Gasteiger partial charge in [-0.2, -0.15) is 0 Å². The Bertz CT molecular complexity index is 467. The topological polar surface area (TPSA) is 12.0 Å². The lowest BCUT2D eigenvalue weighted by Gasteiger charge is -2.30. The predicted octanol–water partition coefficient (Wildman–Crippen LogP) is 4.29. The summed E-state index contributed by atoms with van der Waals surface area (Å²) in [5, 5.41) is 3.74. The largest absolute Gasteiger partial charge is 0.310 e. The van der Waals surface area contributed by atoms with Crippen LogP contribution in [0.15, 0.2) is 12.1 Å². The SMILES string of the molecule is CCC(C)(C)c1ccc2c(c1C1CCCN1)CCC2. The summed E-state index contributed by atoms with van der Waals surface area (Å²) in [5.74, 6) is 0. The molecule has 1 heterocycles. The first-order valence-corrected chi connectivity index (χ1v) is 8.02. The van der Waals surface area contributed by atoms with Crippen molar-refractivity contribution in [2.24, 2.45) is 0 Å². The van der Waals surface area contributed by atoms with E-state index in [9.17, 15) is 0 Å². The van der Waals surface area contributed by atoms with Crippen LogP contribution in [0.5, 0.6) is 0 Å². The first-order valence-electron chi connectivity index (χ1n) is 8.02.